The van der Waals surface area contributed by atoms with Crippen LogP contribution in [0.15, 0.2) is 36.5 Å². The molecule has 0 fully saturated rings. The second-order valence-corrected chi connectivity index (χ2v) is 4.36. The van der Waals surface area contributed by atoms with E-state index >= 15 is 0 Å². The van der Waals surface area contributed by atoms with Crippen LogP contribution in [0.4, 0.5) is 0 Å². The number of fused-ring (bicyclic) bond motifs is 1. The van der Waals surface area contributed by atoms with Crippen molar-refractivity contribution in [3.8, 4) is 11.4 Å². The first-order valence-electron chi connectivity index (χ1n) is 5.31. The molecule has 1 N–H and O–H groups in total. The molecule has 0 aliphatic carbocycles. The number of halogens is 1. The van der Waals surface area contributed by atoms with E-state index in [-0.39, 0.29) is 0 Å². The van der Waals surface area contributed by atoms with Crippen LogP contribution in [0, 0.1) is 6.92 Å². The standard InChI is InChI=1S/C13H10ClN3/c1-8-6-11-13(15-7-8)17-12(16-11)9-4-2-3-5-10(9)14/h2-7H,1H3,(H,15,16,17). The summed E-state index contributed by atoms with van der Waals surface area (Å²) in [5.41, 5.74) is 3.64. The number of nitrogens with zero attached hydrogens (tertiary/aromatic N) is 2. The Bertz CT molecular complexity index is 688. The molecule has 0 spiro atoms. The van der Waals surface area contributed by atoms with Crippen LogP contribution in [-0.4, -0.2) is 15.0 Å². The lowest BCUT2D eigenvalue weighted by Gasteiger charge is -1.98. The summed E-state index contributed by atoms with van der Waals surface area (Å²) in [4.78, 5) is 11.9. The normalized spacial score (nSPS) is 10.9. The van der Waals surface area contributed by atoms with Gasteiger partial charge in [0.15, 0.2) is 5.65 Å². The molecular formula is C13H10ClN3. The van der Waals surface area contributed by atoms with Gasteiger partial charge in [0.25, 0.3) is 0 Å². The van der Waals surface area contributed by atoms with Crippen LogP contribution in [0.1, 0.15) is 5.56 Å². The lowest BCUT2D eigenvalue weighted by atomic mass is 10.2. The number of pyridine rings is 1. The Kier molecular flexibility index (Phi) is 2.34. The molecule has 0 aliphatic rings. The van der Waals surface area contributed by atoms with Crippen molar-refractivity contribution in [2.45, 2.75) is 6.92 Å². The number of benzene rings is 1. The molecule has 0 radical (unpaired) electrons. The van der Waals surface area contributed by atoms with Crippen LogP contribution in [0.2, 0.25) is 5.02 Å². The smallest absolute Gasteiger partial charge is 0.178 e. The maximum Gasteiger partial charge on any atom is 0.178 e. The lowest BCUT2D eigenvalue weighted by molar-refractivity contribution is 1.28. The Morgan fingerprint density at radius 1 is 1.24 bits per heavy atom. The first kappa shape index (κ1) is 10.3. The minimum Gasteiger partial charge on any atom is -0.337 e. The van der Waals surface area contributed by atoms with E-state index in [4.69, 9.17) is 11.6 Å². The summed E-state index contributed by atoms with van der Waals surface area (Å²) < 4.78 is 0. The maximum absolute atomic E-state index is 6.14. The van der Waals surface area contributed by atoms with Crippen molar-refractivity contribution in [1.82, 2.24) is 15.0 Å². The third-order valence-electron chi connectivity index (χ3n) is 2.60. The van der Waals surface area contributed by atoms with E-state index in [1.807, 2.05) is 37.3 Å². The quantitative estimate of drug-likeness (QED) is 0.710. The van der Waals surface area contributed by atoms with E-state index in [1.54, 1.807) is 6.20 Å². The summed E-state index contributed by atoms with van der Waals surface area (Å²) in [6.07, 6.45) is 1.81. The van der Waals surface area contributed by atoms with Crippen molar-refractivity contribution >= 4 is 22.8 Å². The van der Waals surface area contributed by atoms with Gasteiger partial charge >= 0.3 is 0 Å². The highest BCUT2D eigenvalue weighted by Crippen LogP contribution is 2.26. The molecule has 0 aliphatic heterocycles. The van der Waals surface area contributed by atoms with Crippen molar-refractivity contribution in [2.75, 3.05) is 0 Å². The molecule has 1 aromatic carbocycles. The molecule has 2 aromatic heterocycles. The molecule has 84 valence electrons. The number of rotatable bonds is 1. The van der Waals surface area contributed by atoms with Crippen molar-refractivity contribution in [2.24, 2.45) is 0 Å². The number of H-pyrrole nitrogens is 1. The molecule has 0 amide bonds. The molecule has 3 rings (SSSR count). The molecule has 17 heavy (non-hydrogen) atoms. The number of aryl methyl sites for hydroxylation is 1. The van der Waals surface area contributed by atoms with E-state index in [9.17, 15) is 0 Å². The van der Waals surface area contributed by atoms with Gasteiger partial charge in [-0.3, -0.25) is 0 Å². The third kappa shape index (κ3) is 1.78. The van der Waals surface area contributed by atoms with Gasteiger partial charge in [-0.25, -0.2) is 9.97 Å². The van der Waals surface area contributed by atoms with Crippen LogP contribution < -0.4 is 0 Å². The minimum absolute atomic E-state index is 0.684. The first-order chi connectivity index (χ1) is 8.24. The fourth-order valence-corrected chi connectivity index (χ4v) is 2.01. The van der Waals surface area contributed by atoms with Gasteiger partial charge in [-0.05, 0) is 30.7 Å². The second kappa shape index (κ2) is 3.86. The molecule has 2 heterocycles. The van der Waals surface area contributed by atoms with Crippen molar-refractivity contribution in [3.05, 3.63) is 47.1 Å². The number of aromatic amines is 1. The number of hydrogen-bond acceptors (Lipinski definition) is 2. The molecule has 0 unspecified atom stereocenters. The predicted octanol–water partition coefficient (Wildman–Crippen LogP) is 3.59. The number of imidazole rings is 1. The van der Waals surface area contributed by atoms with E-state index in [0.29, 0.717) is 10.7 Å². The largest absolute Gasteiger partial charge is 0.337 e. The fraction of sp³-hybridized carbons (Fsp3) is 0.0769. The van der Waals surface area contributed by atoms with E-state index in [0.717, 1.165) is 22.5 Å². The third-order valence-corrected chi connectivity index (χ3v) is 2.93. The Balaban J connectivity index is 2.22. The van der Waals surface area contributed by atoms with E-state index < -0.39 is 0 Å². The Morgan fingerprint density at radius 3 is 2.88 bits per heavy atom. The van der Waals surface area contributed by atoms with Crippen LogP contribution in [-0.2, 0) is 0 Å². The van der Waals surface area contributed by atoms with Gasteiger partial charge in [0, 0.05) is 11.8 Å². The molecule has 0 bridgehead atoms. The Morgan fingerprint density at radius 2 is 2.06 bits per heavy atom. The molecule has 4 heteroatoms. The average molecular weight is 244 g/mol. The molecule has 3 nitrogen and oxygen atoms in total. The Labute approximate surface area is 103 Å². The van der Waals surface area contributed by atoms with E-state index in [2.05, 4.69) is 15.0 Å². The summed E-state index contributed by atoms with van der Waals surface area (Å²) in [5, 5.41) is 0.684. The summed E-state index contributed by atoms with van der Waals surface area (Å²) in [6, 6.07) is 9.65. The molecule has 0 saturated carbocycles. The van der Waals surface area contributed by atoms with Crippen LogP contribution in [0.3, 0.4) is 0 Å². The Hall–Kier alpha value is -1.87. The second-order valence-electron chi connectivity index (χ2n) is 3.95. The van der Waals surface area contributed by atoms with Gasteiger partial charge in [0.1, 0.15) is 5.82 Å². The molecular weight excluding hydrogens is 234 g/mol. The highest BCUT2D eigenvalue weighted by Gasteiger charge is 2.08. The summed E-state index contributed by atoms with van der Waals surface area (Å²) in [7, 11) is 0. The van der Waals surface area contributed by atoms with Crippen LogP contribution >= 0.6 is 11.6 Å². The molecule has 0 atom stereocenters. The summed E-state index contributed by atoms with van der Waals surface area (Å²) in [6.45, 7) is 2.00. The van der Waals surface area contributed by atoms with Gasteiger partial charge in [-0.15, -0.1) is 0 Å². The van der Waals surface area contributed by atoms with Crippen molar-refractivity contribution in [3.63, 3.8) is 0 Å². The lowest BCUT2D eigenvalue weighted by Crippen LogP contribution is -1.81. The number of nitrogens with one attached hydrogen (secondary N) is 1. The minimum atomic E-state index is 0.684. The van der Waals surface area contributed by atoms with E-state index in [1.165, 1.54) is 0 Å². The van der Waals surface area contributed by atoms with Crippen molar-refractivity contribution in [1.29, 1.82) is 0 Å². The summed E-state index contributed by atoms with van der Waals surface area (Å²) >= 11 is 6.14. The highest BCUT2D eigenvalue weighted by atomic mass is 35.5. The SMILES string of the molecule is Cc1cnc2nc(-c3ccccc3Cl)[nH]c2c1. The van der Waals surface area contributed by atoms with Gasteiger partial charge in [-0.1, -0.05) is 23.7 Å². The fourth-order valence-electron chi connectivity index (χ4n) is 1.79. The summed E-state index contributed by atoms with van der Waals surface area (Å²) in [5.74, 6) is 0.753. The zero-order valence-electron chi connectivity index (χ0n) is 9.24. The zero-order chi connectivity index (χ0) is 11.8. The van der Waals surface area contributed by atoms with Crippen LogP contribution in [0.25, 0.3) is 22.6 Å². The molecule has 3 aromatic rings. The van der Waals surface area contributed by atoms with Gasteiger partial charge in [0.2, 0.25) is 0 Å². The predicted molar refractivity (Wildman–Crippen MR) is 69.1 cm³/mol. The molecule has 0 saturated heterocycles. The maximum atomic E-state index is 6.14. The monoisotopic (exact) mass is 243 g/mol. The van der Waals surface area contributed by atoms with Gasteiger partial charge in [-0.2, -0.15) is 0 Å². The van der Waals surface area contributed by atoms with Gasteiger partial charge < -0.3 is 4.98 Å². The van der Waals surface area contributed by atoms with Crippen LogP contribution in [0.5, 0.6) is 0 Å². The first-order valence-corrected chi connectivity index (χ1v) is 5.69. The topological polar surface area (TPSA) is 41.6 Å². The van der Waals surface area contributed by atoms with Crippen molar-refractivity contribution < 1.29 is 0 Å². The highest BCUT2D eigenvalue weighted by molar-refractivity contribution is 6.33. The zero-order valence-corrected chi connectivity index (χ0v) is 9.99. The number of hydrogen-bond donors (Lipinski definition) is 1. The average Bonchev–Trinajstić information content (AvgIpc) is 2.72. The number of aromatic nitrogens is 3. The van der Waals surface area contributed by atoms with Gasteiger partial charge in [0.05, 0.1) is 10.5 Å².